The van der Waals surface area contributed by atoms with Gasteiger partial charge in [0.15, 0.2) is 6.54 Å². The lowest BCUT2D eigenvalue weighted by atomic mass is 10.2. The highest BCUT2D eigenvalue weighted by Crippen LogP contribution is 2.30. The van der Waals surface area contributed by atoms with Crippen LogP contribution in [0.5, 0.6) is 0 Å². The normalized spacial score (nSPS) is 16.3. The van der Waals surface area contributed by atoms with E-state index in [0.29, 0.717) is 26.2 Å². The molecule has 0 radical (unpaired) electrons. The van der Waals surface area contributed by atoms with E-state index in [0.717, 1.165) is 17.0 Å². The number of carbonyl (C=O) groups excluding carboxylic acids is 2. The molecule has 2 rings (SSSR count). The third-order valence-electron chi connectivity index (χ3n) is 3.80. The van der Waals surface area contributed by atoms with Gasteiger partial charge in [-0.1, -0.05) is 6.07 Å². The number of amides is 2. The molecule has 0 aromatic heterocycles. The van der Waals surface area contributed by atoms with Gasteiger partial charge in [-0.25, -0.2) is 0 Å². The quantitative estimate of drug-likeness (QED) is 0.843. The van der Waals surface area contributed by atoms with Gasteiger partial charge >= 0.3 is 6.18 Å². The number of hydrogen-bond donors (Lipinski definition) is 2. The van der Waals surface area contributed by atoms with Crippen LogP contribution >= 0.6 is 0 Å². The molecule has 0 atom stereocenters. The van der Waals surface area contributed by atoms with E-state index in [1.807, 2.05) is 0 Å². The Labute approximate surface area is 132 Å². The van der Waals surface area contributed by atoms with E-state index in [1.165, 1.54) is 19.1 Å². The summed E-state index contributed by atoms with van der Waals surface area (Å²) in [5, 5.41) is 2.50. The molecule has 1 saturated heterocycles. The number of piperazine rings is 1. The van der Waals surface area contributed by atoms with E-state index < -0.39 is 11.7 Å². The Bertz CT molecular complexity index is 582. The molecule has 2 N–H and O–H groups in total. The molecule has 1 aliphatic rings. The van der Waals surface area contributed by atoms with Crippen molar-refractivity contribution in [2.24, 2.45) is 0 Å². The molecule has 126 valence electrons. The summed E-state index contributed by atoms with van der Waals surface area (Å²) in [6.45, 7) is 4.14. The summed E-state index contributed by atoms with van der Waals surface area (Å²) in [6.07, 6.45) is -4.44. The number of quaternary nitrogens is 1. The van der Waals surface area contributed by atoms with E-state index >= 15 is 0 Å². The van der Waals surface area contributed by atoms with Gasteiger partial charge in [0, 0.05) is 12.6 Å². The molecule has 0 unspecified atom stereocenters. The summed E-state index contributed by atoms with van der Waals surface area (Å²) < 4.78 is 37.9. The van der Waals surface area contributed by atoms with Gasteiger partial charge in [-0.05, 0) is 18.2 Å². The second-order valence-corrected chi connectivity index (χ2v) is 5.56. The Morgan fingerprint density at radius 2 is 1.91 bits per heavy atom. The van der Waals surface area contributed by atoms with Crippen LogP contribution in [-0.4, -0.2) is 49.4 Å². The molecular formula is C15H19F3N3O2+. The van der Waals surface area contributed by atoms with E-state index in [-0.39, 0.29) is 24.0 Å². The predicted octanol–water partition coefficient (Wildman–Crippen LogP) is 0.391. The highest BCUT2D eigenvalue weighted by molar-refractivity contribution is 5.91. The number of nitrogens with one attached hydrogen (secondary N) is 2. The molecule has 0 bridgehead atoms. The van der Waals surface area contributed by atoms with Crippen LogP contribution in [0.3, 0.4) is 0 Å². The fraction of sp³-hybridized carbons (Fsp3) is 0.467. The summed E-state index contributed by atoms with van der Waals surface area (Å²) in [5.74, 6) is -0.326. The van der Waals surface area contributed by atoms with Gasteiger partial charge in [0.2, 0.25) is 5.91 Å². The molecule has 1 aliphatic heterocycles. The van der Waals surface area contributed by atoms with Crippen LogP contribution < -0.4 is 10.2 Å². The molecule has 2 amide bonds. The standard InChI is InChI=1S/C15H18F3N3O2/c1-11(22)21-7-5-20(6-8-21)10-14(23)19-13-4-2-3-12(9-13)15(16,17)18/h2-4,9H,5-8,10H2,1H3,(H,19,23)/p+1. The van der Waals surface area contributed by atoms with E-state index in [2.05, 4.69) is 5.32 Å². The number of hydrogen-bond acceptors (Lipinski definition) is 2. The van der Waals surface area contributed by atoms with Gasteiger partial charge in [0.05, 0.1) is 31.7 Å². The van der Waals surface area contributed by atoms with Crippen molar-refractivity contribution in [3.8, 4) is 0 Å². The van der Waals surface area contributed by atoms with Gasteiger partial charge < -0.3 is 15.1 Å². The molecule has 8 heteroatoms. The number of anilines is 1. The maximum atomic E-state index is 12.6. The van der Waals surface area contributed by atoms with Crippen molar-refractivity contribution in [1.82, 2.24) is 4.90 Å². The van der Waals surface area contributed by atoms with Crippen LogP contribution in [0.4, 0.5) is 18.9 Å². The molecule has 1 heterocycles. The maximum Gasteiger partial charge on any atom is 0.416 e. The topological polar surface area (TPSA) is 53.9 Å². The van der Waals surface area contributed by atoms with Gasteiger partial charge in [-0.2, -0.15) is 13.2 Å². The van der Waals surface area contributed by atoms with Gasteiger partial charge in [0.25, 0.3) is 5.91 Å². The Kier molecular flexibility index (Phi) is 5.25. The molecule has 0 aliphatic carbocycles. The van der Waals surface area contributed by atoms with Crippen LogP contribution in [0, 0.1) is 0 Å². The minimum absolute atomic E-state index is 0.0115. The maximum absolute atomic E-state index is 12.6. The summed E-state index contributed by atoms with van der Waals surface area (Å²) in [6, 6.07) is 4.57. The highest BCUT2D eigenvalue weighted by Gasteiger charge is 2.30. The summed E-state index contributed by atoms with van der Waals surface area (Å²) in [4.78, 5) is 25.9. The number of carbonyl (C=O) groups is 2. The van der Waals surface area contributed by atoms with Crippen LogP contribution in [0.1, 0.15) is 12.5 Å². The van der Waals surface area contributed by atoms with Crippen molar-refractivity contribution in [2.45, 2.75) is 13.1 Å². The molecule has 1 fully saturated rings. The third kappa shape index (κ3) is 4.95. The molecule has 1 aromatic carbocycles. The minimum Gasteiger partial charge on any atom is -0.332 e. The lowest BCUT2D eigenvalue weighted by molar-refractivity contribution is -0.895. The van der Waals surface area contributed by atoms with Gasteiger partial charge in [0.1, 0.15) is 0 Å². The van der Waals surface area contributed by atoms with Gasteiger partial charge in [-0.15, -0.1) is 0 Å². The predicted molar refractivity (Wildman–Crippen MR) is 77.9 cm³/mol. The van der Waals surface area contributed by atoms with Gasteiger partial charge in [-0.3, -0.25) is 9.59 Å². The fourth-order valence-corrected chi connectivity index (χ4v) is 2.52. The fourth-order valence-electron chi connectivity index (χ4n) is 2.52. The molecule has 0 saturated carbocycles. The first-order chi connectivity index (χ1) is 10.8. The number of nitrogens with zero attached hydrogens (tertiary/aromatic N) is 1. The van der Waals surface area contributed by atoms with Crippen molar-refractivity contribution in [3.05, 3.63) is 29.8 Å². The Balaban J connectivity index is 1.87. The van der Waals surface area contributed by atoms with Crippen molar-refractivity contribution < 1.29 is 27.7 Å². The number of halogens is 3. The second kappa shape index (κ2) is 6.99. The first-order valence-electron chi connectivity index (χ1n) is 7.32. The van der Waals surface area contributed by atoms with Crippen molar-refractivity contribution in [2.75, 3.05) is 38.0 Å². The SMILES string of the molecule is CC(=O)N1CC[NH+](CC(=O)Nc2cccc(C(F)(F)F)c2)CC1. The molecule has 1 aromatic rings. The lowest BCUT2D eigenvalue weighted by Gasteiger charge is -2.31. The lowest BCUT2D eigenvalue weighted by Crippen LogP contribution is -3.15. The smallest absolute Gasteiger partial charge is 0.332 e. The van der Waals surface area contributed by atoms with E-state index in [9.17, 15) is 22.8 Å². The molecule has 5 nitrogen and oxygen atoms in total. The summed E-state index contributed by atoms with van der Waals surface area (Å²) in [7, 11) is 0. The van der Waals surface area contributed by atoms with Crippen molar-refractivity contribution in [3.63, 3.8) is 0 Å². The Morgan fingerprint density at radius 1 is 1.26 bits per heavy atom. The second-order valence-electron chi connectivity index (χ2n) is 5.56. The zero-order valence-electron chi connectivity index (χ0n) is 12.7. The Morgan fingerprint density at radius 3 is 2.48 bits per heavy atom. The first kappa shape index (κ1) is 17.3. The van der Waals surface area contributed by atoms with Crippen molar-refractivity contribution >= 4 is 17.5 Å². The number of rotatable bonds is 3. The van der Waals surface area contributed by atoms with E-state index in [1.54, 1.807) is 4.90 Å². The number of alkyl halides is 3. The third-order valence-corrected chi connectivity index (χ3v) is 3.80. The zero-order chi connectivity index (χ0) is 17.0. The number of benzene rings is 1. The van der Waals surface area contributed by atoms with Crippen LogP contribution in [0.15, 0.2) is 24.3 Å². The highest BCUT2D eigenvalue weighted by atomic mass is 19.4. The summed E-state index contributed by atoms with van der Waals surface area (Å²) in [5.41, 5.74) is -0.663. The van der Waals surface area contributed by atoms with Crippen molar-refractivity contribution in [1.29, 1.82) is 0 Å². The molecule has 0 spiro atoms. The van der Waals surface area contributed by atoms with Crippen LogP contribution in [0.2, 0.25) is 0 Å². The minimum atomic E-state index is -4.44. The van der Waals surface area contributed by atoms with Crippen LogP contribution in [0.25, 0.3) is 0 Å². The average molecular weight is 330 g/mol. The molecular weight excluding hydrogens is 311 g/mol. The largest absolute Gasteiger partial charge is 0.416 e. The first-order valence-corrected chi connectivity index (χ1v) is 7.32. The monoisotopic (exact) mass is 330 g/mol. The van der Waals surface area contributed by atoms with E-state index in [4.69, 9.17) is 0 Å². The molecule has 23 heavy (non-hydrogen) atoms. The average Bonchev–Trinajstić information content (AvgIpc) is 2.47. The van der Waals surface area contributed by atoms with Crippen LogP contribution in [-0.2, 0) is 15.8 Å². The summed E-state index contributed by atoms with van der Waals surface area (Å²) >= 11 is 0. The zero-order valence-corrected chi connectivity index (χ0v) is 12.7. The Hall–Kier alpha value is -2.09.